The second-order valence-electron chi connectivity index (χ2n) is 4.16. The number of benzene rings is 1. The molecule has 0 aliphatic heterocycles. The van der Waals surface area contributed by atoms with Crippen molar-refractivity contribution in [3.8, 4) is 0 Å². The molecule has 86 valence electrons. The molecule has 0 heterocycles. The maximum absolute atomic E-state index is 5.95. The standard InChI is InChI=1S/C13H15BrClN/c14-12-8-11(6-7-13(12)15)16-9-10-4-2-1-3-5-10/h1-2,6-8,10,16H,3-5,9H2. The molecule has 0 radical (unpaired) electrons. The number of hydrogen-bond donors (Lipinski definition) is 1. The van der Waals surface area contributed by atoms with Crippen LogP contribution in [0.15, 0.2) is 34.8 Å². The lowest BCUT2D eigenvalue weighted by atomic mass is 9.94. The summed E-state index contributed by atoms with van der Waals surface area (Å²) in [4.78, 5) is 0. The lowest BCUT2D eigenvalue weighted by molar-refractivity contribution is 0.504. The van der Waals surface area contributed by atoms with Crippen molar-refractivity contribution in [1.82, 2.24) is 0 Å². The van der Waals surface area contributed by atoms with Crippen molar-refractivity contribution >= 4 is 33.2 Å². The first-order valence-corrected chi connectivity index (χ1v) is 6.77. The molecule has 0 amide bonds. The van der Waals surface area contributed by atoms with Crippen LogP contribution in [-0.2, 0) is 0 Å². The molecule has 1 aromatic carbocycles. The Balaban J connectivity index is 1.89. The number of rotatable bonds is 3. The zero-order valence-corrected chi connectivity index (χ0v) is 11.4. The van der Waals surface area contributed by atoms with Crippen molar-refractivity contribution in [2.24, 2.45) is 5.92 Å². The summed E-state index contributed by atoms with van der Waals surface area (Å²) in [5.74, 6) is 0.763. The molecule has 1 N–H and O–H groups in total. The van der Waals surface area contributed by atoms with E-state index in [1.807, 2.05) is 18.2 Å². The molecule has 1 aliphatic carbocycles. The van der Waals surface area contributed by atoms with Crippen LogP contribution in [0, 0.1) is 5.92 Å². The van der Waals surface area contributed by atoms with Crippen LogP contribution in [0.2, 0.25) is 5.02 Å². The van der Waals surface area contributed by atoms with Gasteiger partial charge in [0, 0.05) is 16.7 Å². The monoisotopic (exact) mass is 299 g/mol. The van der Waals surface area contributed by atoms with Crippen LogP contribution >= 0.6 is 27.5 Å². The van der Waals surface area contributed by atoms with Gasteiger partial charge in [-0.3, -0.25) is 0 Å². The fourth-order valence-corrected chi connectivity index (χ4v) is 2.41. The van der Waals surface area contributed by atoms with E-state index in [2.05, 4.69) is 33.4 Å². The Morgan fingerprint density at radius 3 is 2.94 bits per heavy atom. The minimum absolute atomic E-state index is 0.756. The zero-order chi connectivity index (χ0) is 11.4. The van der Waals surface area contributed by atoms with E-state index >= 15 is 0 Å². The normalized spacial score (nSPS) is 19.8. The van der Waals surface area contributed by atoms with E-state index in [1.54, 1.807) is 0 Å². The van der Waals surface area contributed by atoms with Crippen LogP contribution in [-0.4, -0.2) is 6.54 Å². The molecule has 1 aliphatic rings. The highest BCUT2D eigenvalue weighted by atomic mass is 79.9. The summed E-state index contributed by atoms with van der Waals surface area (Å²) in [6.07, 6.45) is 8.26. The predicted octanol–water partition coefficient (Wildman–Crippen LogP) is 4.87. The molecule has 0 spiro atoms. The average molecular weight is 301 g/mol. The molecule has 0 bridgehead atoms. The number of allylic oxidation sites excluding steroid dienone is 2. The second kappa shape index (κ2) is 5.74. The second-order valence-corrected chi connectivity index (χ2v) is 5.42. The van der Waals surface area contributed by atoms with Crippen molar-refractivity contribution < 1.29 is 0 Å². The van der Waals surface area contributed by atoms with Crippen LogP contribution in [0.1, 0.15) is 19.3 Å². The first-order chi connectivity index (χ1) is 7.75. The maximum atomic E-state index is 5.95. The third kappa shape index (κ3) is 3.26. The molecule has 0 saturated carbocycles. The number of nitrogens with one attached hydrogen (secondary N) is 1. The molecule has 2 rings (SSSR count). The number of anilines is 1. The fourth-order valence-electron chi connectivity index (χ4n) is 1.91. The number of halogens is 2. The summed E-state index contributed by atoms with van der Waals surface area (Å²) in [5.41, 5.74) is 1.13. The van der Waals surface area contributed by atoms with Crippen LogP contribution in [0.3, 0.4) is 0 Å². The van der Waals surface area contributed by atoms with Crippen LogP contribution in [0.5, 0.6) is 0 Å². The van der Waals surface area contributed by atoms with Crippen molar-refractivity contribution in [1.29, 1.82) is 0 Å². The van der Waals surface area contributed by atoms with Gasteiger partial charge >= 0.3 is 0 Å². The molecular formula is C13H15BrClN. The molecular weight excluding hydrogens is 286 g/mol. The van der Waals surface area contributed by atoms with Gasteiger partial charge in [-0.15, -0.1) is 0 Å². The van der Waals surface area contributed by atoms with E-state index in [0.29, 0.717) is 0 Å². The Kier molecular flexibility index (Phi) is 4.30. The van der Waals surface area contributed by atoms with Gasteiger partial charge in [-0.25, -0.2) is 0 Å². The van der Waals surface area contributed by atoms with Gasteiger partial charge in [-0.2, -0.15) is 0 Å². The van der Waals surface area contributed by atoms with E-state index in [-0.39, 0.29) is 0 Å². The van der Waals surface area contributed by atoms with Crippen LogP contribution in [0.4, 0.5) is 5.69 Å². The lowest BCUT2D eigenvalue weighted by Gasteiger charge is -2.19. The number of hydrogen-bond acceptors (Lipinski definition) is 1. The van der Waals surface area contributed by atoms with Gasteiger partial charge in [0.05, 0.1) is 5.02 Å². The Labute approximate surface area is 110 Å². The summed E-state index contributed by atoms with van der Waals surface area (Å²) in [7, 11) is 0. The fraction of sp³-hybridized carbons (Fsp3) is 0.385. The average Bonchev–Trinajstić information content (AvgIpc) is 2.32. The topological polar surface area (TPSA) is 12.0 Å². The Morgan fingerprint density at radius 1 is 1.38 bits per heavy atom. The molecule has 1 aromatic rings. The minimum Gasteiger partial charge on any atom is -0.385 e. The summed E-state index contributed by atoms with van der Waals surface area (Å²) >= 11 is 9.37. The molecule has 1 atom stereocenters. The largest absolute Gasteiger partial charge is 0.385 e. The zero-order valence-electron chi connectivity index (χ0n) is 9.05. The molecule has 1 unspecified atom stereocenters. The predicted molar refractivity (Wildman–Crippen MR) is 74.1 cm³/mol. The smallest absolute Gasteiger partial charge is 0.0549 e. The summed E-state index contributed by atoms with van der Waals surface area (Å²) < 4.78 is 0.947. The molecule has 0 aromatic heterocycles. The van der Waals surface area contributed by atoms with E-state index in [0.717, 1.165) is 27.6 Å². The highest BCUT2D eigenvalue weighted by molar-refractivity contribution is 9.10. The van der Waals surface area contributed by atoms with E-state index in [1.165, 1.54) is 19.3 Å². The van der Waals surface area contributed by atoms with Gasteiger partial charge in [-0.1, -0.05) is 23.8 Å². The summed E-state index contributed by atoms with van der Waals surface area (Å²) in [6, 6.07) is 5.96. The quantitative estimate of drug-likeness (QED) is 0.785. The highest BCUT2D eigenvalue weighted by Crippen LogP contribution is 2.26. The van der Waals surface area contributed by atoms with E-state index in [9.17, 15) is 0 Å². The molecule has 1 nitrogen and oxygen atoms in total. The van der Waals surface area contributed by atoms with E-state index < -0.39 is 0 Å². The Morgan fingerprint density at radius 2 is 2.25 bits per heavy atom. The molecule has 16 heavy (non-hydrogen) atoms. The van der Waals surface area contributed by atoms with Gasteiger partial charge < -0.3 is 5.32 Å². The Hall–Kier alpha value is -0.470. The van der Waals surface area contributed by atoms with Crippen molar-refractivity contribution in [3.63, 3.8) is 0 Å². The SMILES string of the molecule is Clc1ccc(NCC2CC=CCC2)cc1Br. The Bertz CT molecular complexity index is 390. The van der Waals surface area contributed by atoms with Crippen molar-refractivity contribution in [2.45, 2.75) is 19.3 Å². The summed E-state index contributed by atoms with van der Waals surface area (Å²) in [5, 5.41) is 4.22. The van der Waals surface area contributed by atoms with Gasteiger partial charge in [0.25, 0.3) is 0 Å². The first-order valence-electron chi connectivity index (χ1n) is 5.59. The third-order valence-corrected chi connectivity index (χ3v) is 4.11. The van der Waals surface area contributed by atoms with E-state index in [4.69, 9.17) is 11.6 Å². The van der Waals surface area contributed by atoms with Crippen molar-refractivity contribution in [2.75, 3.05) is 11.9 Å². The molecule has 0 fully saturated rings. The van der Waals surface area contributed by atoms with Gasteiger partial charge in [0.2, 0.25) is 0 Å². The van der Waals surface area contributed by atoms with Gasteiger partial charge in [-0.05, 0) is 59.3 Å². The first kappa shape index (κ1) is 12.0. The van der Waals surface area contributed by atoms with Gasteiger partial charge in [0.1, 0.15) is 0 Å². The summed E-state index contributed by atoms with van der Waals surface area (Å²) in [6.45, 7) is 1.04. The van der Waals surface area contributed by atoms with Crippen molar-refractivity contribution in [3.05, 3.63) is 39.8 Å². The lowest BCUT2D eigenvalue weighted by Crippen LogP contribution is -2.15. The maximum Gasteiger partial charge on any atom is 0.0549 e. The van der Waals surface area contributed by atoms with Crippen LogP contribution < -0.4 is 5.32 Å². The third-order valence-electron chi connectivity index (χ3n) is 2.89. The minimum atomic E-state index is 0.756. The van der Waals surface area contributed by atoms with Gasteiger partial charge in [0.15, 0.2) is 0 Å². The molecule has 0 saturated heterocycles. The molecule has 3 heteroatoms. The highest BCUT2D eigenvalue weighted by Gasteiger charge is 2.09. The van der Waals surface area contributed by atoms with Crippen LogP contribution in [0.25, 0.3) is 0 Å².